The number of hydrogen-bond acceptors (Lipinski definition) is 8. The zero-order chi connectivity index (χ0) is 34.4. The van der Waals surface area contributed by atoms with Crippen LogP contribution in [0, 0.1) is 5.41 Å². The SMILES string of the molecule is N=C1C(c2cccc(-c3cccc(-c4ccccn4)n3)n2)=CC=C(c2cccc(-c3cccc(-c4ccccn4)n3)n2)C1=N[NH2+]c1ccccc1. The Labute approximate surface area is 294 Å². The first-order valence-corrected chi connectivity index (χ1v) is 16.4. The lowest BCUT2D eigenvalue weighted by atomic mass is 9.90. The molecule has 0 aliphatic heterocycles. The first-order valence-electron chi connectivity index (χ1n) is 16.4. The number of nitrogens with one attached hydrogen (secondary N) is 1. The van der Waals surface area contributed by atoms with Crippen LogP contribution >= 0.6 is 0 Å². The van der Waals surface area contributed by atoms with Gasteiger partial charge in [-0.2, -0.15) is 5.43 Å². The maximum Gasteiger partial charge on any atom is 0.155 e. The van der Waals surface area contributed by atoms with Crippen molar-refractivity contribution in [3.05, 3.63) is 175 Å². The van der Waals surface area contributed by atoms with Crippen molar-refractivity contribution in [2.75, 3.05) is 0 Å². The number of hydrogen-bond donors (Lipinski definition) is 2. The molecule has 0 bridgehead atoms. The zero-order valence-corrected chi connectivity index (χ0v) is 27.3. The molecule has 6 heterocycles. The van der Waals surface area contributed by atoms with E-state index in [1.807, 2.05) is 152 Å². The van der Waals surface area contributed by atoms with E-state index in [1.165, 1.54) is 0 Å². The first-order chi connectivity index (χ1) is 25.2. The highest BCUT2D eigenvalue weighted by Crippen LogP contribution is 2.30. The maximum atomic E-state index is 9.48. The van der Waals surface area contributed by atoms with Crippen LogP contribution in [0.3, 0.4) is 0 Å². The highest BCUT2D eigenvalue weighted by Gasteiger charge is 2.26. The van der Waals surface area contributed by atoms with E-state index in [0.29, 0.717) is 39.8 Å². The molecule has 9 nitrogen and oxygen atoms in total. The van der Waals surface area contributed by atoms with Crippen LogP contribution in [-0.4, -0.2) is 41.3 Å². The van der Waals surface area contributed by atoms with E-state index in [2.05, 4.69) is 9.97 Å². The van der Waals surface area contributed by atoms with Crippen molar-refractivity contribution in [3.8, 4) is 45.6 Å². The highest BCUT2D eigenvalue weighted by molar-refractivity contribution is 6.68. The second-order valence-corrected chi connectivity index (χ2v) is 11.6. The Balaban J connectivity index is 1.17. The van der Waals surface area contributed by atoms with Gasteiger partial charge in [0.15, 0.2) is 11.4 Å². The van der Waals surface area contributed by atoms with E-state index in [4.69, 9.17) is 25.0 Å². The molecule has 6 aromatic heterocycles. The molecule has 0 saturated carbocycles. The van der Waals surface area contributed by atoms with Crippen LogP contribution in [0.25, 0.3) is 56.7 Å². The van der Waals surface area contributed by atoms with E-state index in [-0.39, 0.29) is 5.71 Å². The van der Waals surface area contributed by atoms with Crippen molar-refractivity contribution in [1.82, 2.24) is 29.9 Å². The van der Waals surface area contributed by atoms with Gasteiger partial charge in [-0.1, -0.05) is 59.7 Å². The van der Waals surface area contributed by atoms with E-state index in [0.717, 1.165) is 39.7 Å². The van der Waals surface area contributed by atoms with E-state index < -0.39 is 0 Å². The number of allylic oxidation sites excluding steroid dienone is 4. The normalized spacial score (nSPS) is 13.5. The average Bonchev–Trinajstić information content (AvgIpc) is 3.21. The van der Waals surface area contributed by atoms with Gasteiger partial charge in [-0.3, -0.25) is 15.4 Å². The molecule has 0 spiro atoms. The van der Waals surface area contributed by atoms with Gasteiger partial charge in [0.25, 0.3) is 0 Å². The predicted octanol–water partition coefficient (Wildman–Crippen LogP) is 7.48. The van der Waals surface area contributed by atoms with Crippen molar-refractivity contribution in [3.63, 3.8) is 0 Å². The first kappa shape index (κ1) is 31.2. The van der Waals surface area contributed by atoms with E-state index in [1.54, 1.807) is 17.8 Å². The van der Waals surface area contributed by atoms with Gasteiger partial charge in [0, 0.05) is 35.7 Å². The molecule has 7 aromatic rings. The summed E-state index contributed by atoms with van der Waals surface area (Å²) in [5, 5.41) is 14.4. The molecular formula is C42H30N9+. The number of nitrogens with zero attached hydrogens (tertiary/aromatic N) is 7. The molecule has 0 saturated heterocycles. The lowest BCUT2D eigenvalue weighted by Crippen LogP contribution is -2.72. The van der Waals surface area contributed by atoms with Gasteiger partial charge in [0.1, 0.15) is 0 Å². The van der Waals surface area contributed by atoms with Crippen molar-refractivity contribution >= 4 is 28.3 Å². The van der Waals surface area contributed by atoms with Gasteiger partial charge >= 0.3 is 0 Å². The number of aromatic nitrogens is 6. The molecule has 1 aliphatic rings. The highest BCUT2D eigenvalue weighted by atomic mass is 15.3. The van der Waals surface area contributed by atoms with Gasteiger partial charge in [-0.05, 0) is 84.9 Å². The summed E-state index contributed by atoms with van der Waals surface area (Å²) in [6.07, 6.45) is 7.39. The minimum Gasteiger partial charge on any atom is -0.298 e. The molecular weight excluding hydrogens is 631 g/mol. The average molecular weight is 661 g/mol. The van der Waals surface area contributed by atoms with Gasteiger partial charge in [0.05, 0.1) is 62.7 Å². The topological polar surface area (TPSA) is 130 Å². The Morgan fingerprint density at radius 1 is 0.392 bits per heavy atom. The van der Waals surface area contributed by atoms with Gasteiger partial charge in [0.2, 0.25) is 0 Å². The molecule has 1 aliphatic carbocycles. The molecule has 1 aromatic carbocycles. The van der Waals surface area contributed by atoms with Gasteiger partial charge in [-0.15, -0.1) is 0 Å². The summed E-state index contributed by atoms with van der Waals surface area (Å²) in [7, 11) is 0. The van der Waals surface area contributed by atoms with Gasteiger partial charge in [-0.25, -0.2) is 19.9 Å². The molecule has 0 amide bonds. The lowest BCUT2D eigenvalue weighted by molar-refractivity contribution is -0.577. The summed E-state index contributed by atoms with van der Waals surface area (Å²) in [6.45, 7) is 0. The van der Waals surface area contributed by atoms with Crippen molar-refractivity contribution in [2.45, 2.75) is 0 Å². The molecule has 0 unspecified atom stereocenters. The minimum absolute atomic E-state index is 0.238. The molecule has 51 heavy (non-hydrogen) atoms. The third-order valence-electron chi connectivity index (χ3n) is 8.25. The number of rotatable bonds is 8. The Hall–Kier alpha value is -7.10. The molecule has 9 heteroatoms. The second kappa shape index (κ2) is 14.2. The van der Waals surface area contributed by atoms with Crippen LogP contribution in [0.2, 0.25) is 0 Å². The van der Waals surface area contributed by atoms with Crippen LogP contribution in [0.1, 0.15) is 11.4 Å². The molecule has 0 radical (unpaired) electrons. The third kappa shape index (κ3) is 6.78. The summed E-state index contributed by atoms with van der Waals surface area (Å²) < 4.78 is 0. The fourth-order valence-corrected chi connectivity index (χ4v) is 5.75. The maximum absolute atomic E-state index is 9.48. The molecule has 8 rings (SSSR count). The zero-order valence-electron chi connectivity index (χ0n) is 27.3. The molecule has 0 atom stereocenters. The van der Waals surface area contributed by atoms with E-state index >= 15 is 0 Å². The Morgan fingerprint density at radius 3 is 1.27 bits per heavy atom. The number of pyridine rings is 6. The Bertz CT molecular complexity index is 2460. The standard InChI is InChI=1S/C42H29N9/c43-41-29(31-16-8-20-37(46-31)39-22-10-18-35(48-39)33-14-4-6-26-44-33)24-25-30(42(41)51-50-28-12-2-1-3-13-28)32-17-9-21-38(47-32)40-23-11-19-36(49-40)34-15-5-7-27-45-34/h1-27,43,50H/p+1. The van der Waals surface area contributed by atoms with Crippen molar-refractivity contribution in [2.24, 2.45) is 5.10 Å². The molecule has 3 N–H and O–H groups in total. The van der Waals surface area contributed by atoms with E-state index in [9.17, 15) is 5.41 Å². The van der Waals surface area contributed by atoms with Crippen molar-refractivity contribution < 1.29 is 5.43 Å². The predicted molar refractivity (Wildman–Crippen MR) is 201 cm³/mol. The largest absolute Gasteiger partial charge is 0.298 e. The summed E-state index contributed by atoms with van der Waals surface area (Å²) in [5.74, 6) is 0. The monoisotopic (exact) mass is 660 g/mol. The van der Waals surface area contributed by atoms with Gasteiger partial charge < -0.3 is 0 Å². The van der Waals surface area contributed by atoms with Crippen LogP contribution in [0.4, 0.5) is 5.69 Å². The molecule has 0 fully saturated rings. The number of quaternary nitrogens is 1. The molecule has 242 valence electrons. The van der Waals surface area contributed by atoms with Crippen LogP contribution in [-0.2, 0) is 0 Å². The Kier molecular flexibility index (Phi) is 8.67. The minimum atomic E-state index is 0.238. The fourth-order valence-electron chi connectivity index (χ4n) is 5.75. The fraction of sp³-hybridized carbons (Fsp3) is 0. The number of nitrogens with two attached hydrogens (primary N) is 1. The summed E-state index contributed by atoms with van der Waals surface area (Å²) in [6, 6.07) is 44.6. The summed E-state index contributed by atoms with van der Waals surface area (Å²) in [5.41, 5.74) is 12.0. The Morgan fingerprint density at radius 2 is 0.784 bits per heavy atom. The number of benzene rings is 1. The summed E-state index contributed by atoms with van der Waals surface area (Å²) in [4.78, 5) is 28.6. The second-order valence-electron chi connectivity index (χ2n) is 11.6. The summed E-state index contributed by atoms with van der Waals surface area (Å²) >= 11 is 0. The lowest BCUT2D eigenvalue weighted by Gasteiger charge is -2.18. The van der Waals surface area contributed by atoms with Crippen molar-refractivity contribution in [1.29, 1.82) is 5.41 Å². The third-order valence-corrected chi connectivity index (χ3v) is 8.25. The van der Waals surface area contributed by atoms with Crippen LogP contribution in [0.5, 0.6) is 0 Å². The van der Waals surface area contributed by atoms with Crippen LogP contribution in [0.15, 0.2) is 169 Å². The smallest absolute Gasteiger partial charge is 0.155 e. The quantitative estimate of drug-likeness (QED) is 0.0753. The van der Waals surface area contributed by atoms with Crippen LogP contribution < -0.4 is 5.43 Å².